The van der Waals surface area contributed by atoms with Crippen LogP contribution in [-0.4, -0.2) is 12.7 Å². The molecule has 1 fully saturated rings. The van der Waals surface area contributed by atoms with Gasteiger partial charge in [-0.1, -0.05) is 18.2 Å². The van der Waals surface area contributed by atoms with Crippen LogP contribution in [0.1, 0.15) is 26.2 Å². The van der Waals surface area contributed by atoms with E-state index in [1.807, 2.05) is 0 Å². The molecular formula is C13H15NO. The van der Waals surface area contributed by atoms with Crippen LogP contribution in [0.2, 0.25) is 0 Å². The highest BCUT2D eigenvalue weighted by atomic mass is 16.5. The van der Waals surface area contributed by atoms with E-state index in [1.54, 1.807) is 11.6 Å². The van der Waals surface area contributed by atoms with Crippen LogP contribution < -0.4 is 0 Å². The molecule has 15 heavy (non-hydrogen) atoms. The number of rotatable bonds is 0. The van der Waals surface area contributed by atoms with Crippen LogP contribution in [0.5, 0.6) is 0 Å². The van der Waals surface area contributed by atoms with E-state index in [1.165, 1.54) is 30.9 Å². The Morgan fingerprint density at radius 1 is 1.47 bits per heavy atom. The SMILES string of the molecule is C1=CC2=C3CCOC3CCC2=C1.CC#N. The van der Waals surface area contributed by atoms with E-state index < -0.39 is 0 Å². The molecule has 2 heteroatoms. The fourth-order valence-electron chi connectivity index (χ4n) is 2.41. The maximum Gasteiger partial charge on any atom is 0.0798 e. The van der Waals surface area contributed by atoms with Crippen molar-refractivity contribution in [2.75, 3.05) is 6.61 Å². The van der Waals surface area contributed by atoms with Crippen molar-refractivity contribution in [2.24, 2.45) is 0 Å². The summed E-state index contributed by atoms with van der Waals surface area (Å²) in [5, 5.41) is 7.32. The van der Waals surface area contributed by atoms with Crippen molar-refractivity contribution in [3.63, 3.8) is 0 Å². The Morgan fingerprint density at radius 2 is 2.27 bits per heavy atom. The lowest BCUT2D eigenvalue weighted by atomic mass is 9.87. The number of nitrogens with zero attached hydrogens (tertiary/aromatic N) is 1. The Balaban J connectivity index is 0.000000258. The summed E-state index contributed by atoms with van der Waals surface area (Å²) in [6.45, 7) is 2.37. The van der Waals surface area contributed by atoms with Crippen LogP contribution in [0.15, 0.2) is 34.9 Å². The first-order chi connectivity index (χ1) is 7.36. The fourth-order valence-corrected chi connectivity index (χ4v) is 2.41. The van der Waals surface area contributed by atoms with Crippen molar-refractivity contribution in [3.8, 4) is 6.07 Å². The highest BCUT2D eigenvalue weighted by Crippen LogP contribution is 2.39. The summed E-state index contributed by atoms with van der Waals surface area (Å²) in [6, 6.07) is 1.75. The fraction of sp³-hybridized carbons (Fsp3) is 0.462. The normalized spacial score (nSPS) is 26.1. The first-order valence-corrected chi connectivity index (χ1v) is 5.40. The maximum atomic E-state index is 7.32. The third-order valence-corrected chi connectivity index (χ3v) is 3.01. The molecular weight excluding hydrogens is 186 g/mol. The summed E-state index contributed by atoms with van der Waals surface area (Å²) >= 11 is 0. The predicted molar refractivity (Wildman–Crippen MR) is 59.1 cm³/mol. The average molecular weight is 201 g/mol. The average Bonchev–Trinajstić information content (AvgIpc) is 2.86. The van der Waals surface area contributed by atoms with Crippen molar-refractivity contribution >= 4 is 0 Å². The Hall–Kier alpha value is -1.33. The van der Waals surface area contributed by atoms with E-state index in [9.17, 15) is 0 Å². The molecule has 0 aromatic heterocycles. The topological polar surface area (TPSA) is 33.0 Å². The minimum atomic E-state index is 0.458. The number of ether oxygens (including phenoxy) is 1. The molecule has 0 N–H and O–H groups in total. The molecule has 3 rings (SSSR count). The summed E-state index contributed by atoms with van der Waals surface area (Å²) in [5.74, 6) is 0. The van der Waals surface area contributed by atoms with Gasteiger partial charge in [-0.3, -0.25) is 0 Å². The molecule has 0 bridgehead atoms. The molecule has 2 nitrogen and oxygen atoms in total. The van der Waals surface area contributed by atoms with Gasteiger partial charge in [-0.05, 0) is 36.0 Å². The van der Waals surface area contributed by atoms with Gasteiger partial charge in [0.2, 0.25) is 0 Å². The zero-order valence-corrected chi connectivity index (χ0v) is 8.99. The summed E-state index contributed by atoms with van der Waals surface area (Å²) in [4.78, 5) is 0. The van der Waals surface area contributed by atoms with Crippen LogP contribution in [0.25, 0.3) is 0 Å². The van der Waals surface area contributed by atoms with Gasteiger partial charge < -0.3 is 4.74 Å². The molecule has 0 spiro atoms. The van der Waals surface area contributed by atoms with Crippen molar-refractivity contribution in [1.82, 2.24) is 0 Å². The number of fused-ring (bicyclic) bond motifs is 2. The van der Waals surface area contributed by atoms with Gasteiger partial charge in [0.1, 0.15) is 0 Å². The van der Waals surface area contributed by atoms with Crippen LogP contribution in [-0.2, 0) is 4.74 Å². The zero-order chi connectivity index (χ0) is 10.7. The first-order valence-electron chi connectivity index (χ1n) is 5.40. The van der Waals surface area contributed by atoms with Crippen LogP contribution in [0.4, 0.5) is 0 Å². The smallest absolute Gasteiger partial charge is 0.0798 e. The lowest BCUT2D eigenvalue weighted by Gasteiger charge is -2.21. The van der Waals surface area contributed by atoms with Gasteiger partial charge in [0, 0.05) is 6.92 Å². The Kier molecular flexibility index (Phi) is 3.03. The highest BCUT2D eigenvalue weighted by molar-refractivity contribution is 5.54. The molecule has 1 heterocycles. The van der Waals surface area contributed by atoms with E-state index in [0.717, 1.165) is 13.0 Å². The van der Waals surface area contributed by atoms with Gasteiger partial charge >= 0.3 is 0 Å². The van der Waals surface area contributed by atoms with Crippen molar-refractivity contribution in [3.05, 3.63) is 34.9 Å². The van der Waals surface area contributed by atoms with Gasteiger partial charge in [-0.2, -0.15) is 5.26 Å². The summed E-state index contributed by atoms with van der Waals surface area (Å²) < 4.78 is 5.65. The standard InChI is InChI=1S/C11H12O.C2H3N/c1-2-8-4-5-11-10(6-7-12-11)9(8)3-1;1-2-3/h1-3,11H,4-7H2;1H3. The molecule has 1 saturated heterocycles. The number of nitriles is 1. The van der Waals surface area contributed by atoms with Crippen LogP contribution >= 0.6 is 0 Å². The number of allylic oxidation sites excluding steroid dienone is 5. The minimum absolute atomic E-state index is 0.458. The highest BCUT2D eigenvalue weighted by Gasteiger charge is 2.30. The van der Waals surface area contributed by atoms with Gasteiger partial charge in [-0.25, -0.2) is 0 Å². The molecule has 1 aliphatic heterocycles. The molecule has 78 valence electrons. The van der Waals surface area contributed by atoms with Crippen molar-refractivity contribution < 1.29 is 4.74 Å². The van der Waals surface area contributed by atoms with E-state index >= 15 is 0 Å². The van der Waals surface area contributed by atoms with Crippen molar-refractivity contribution in [2.45, 2.75) is 32.3 Å². The van der Waals surface area contributed by atoms with Crippen LogP contribution in [0, 0.1) is 11.3 Å². The summed E-state index contributed by atoms with van der Waals surface area (Å²) in [7, 11) is 0. The number of hydrogen-bond donors (Lipinski definition) is 0. The largest absolute Gasteiger partial charge is 0.373 e. The second kappa shape index (κ2) is 4.46. The number of hydrogen-bond acceptors (Lipinski definition) is 2. The van der Waals surface area contributed by atoms with E-state index in [4.69, 9.17) is 10.00 Å². The lowest BCUT2D eigenvalue weighted by molar-refractivity contribution is 0.116. The van der Waals surface area contributed by atoms with E-state index in [2.05, 4.69) is 18.2 Å². The third kappa shape index (κ3) is 1.88. The Labute approximate surface area is 90.5 Å². The van der Waals surface area contributed by atoms with Crippen LogP contribution in [0.3, 0.4) is 0 Å². The maximum absolute atomic E-state index is 7.32. The second-order valence-corrected chi connectivity index (χ2v) is 3.86. The first kappa shape index (κ1) is 10.2. The molecule has 0 radical (unpaired) electrons. The molecule has 0 amide bonds. The molecule has 0 aromatic carbocycles. The second-order valence-electron chi connectivity index (χ2n) is 3.86. The van der Waals surface area contributed by atoms with Gasteiger partial charge in [0.25, 0.3) is 0 Å². The minimum Gasteiger partial charge on any atom is -0.373 e. The van der Waals surface area contributed by atoms with Gasteiger partial charge in [-0.15, -0.1) is 0 Å². The van der Waals surface area contributed by atoms with E-state index in [-0.39, 0.29) is 0 Å². The predicted octanol–water partition coefficient (Wildman–Crippen LogP) is 2.89. The quantitative estimate of drug-likeness (QED) is 0.603. The monoisotopic (exact) mass is 201 g/mol. The van der Waals surface area contributed by atoms with Crippen molar-refractivity contribution in [1.29, 1.82) is 5.26 Å². The third-order valence-electron chi connectivity index (χ3n) is 3.01. The Morgan fingerprint density at radius 3 is 3.07 bits per heavy atom. The molecule has 1 atom stereocenters. The van der Waals surface area contributed by atoms with Gasteiger partial charge in [0.05, 0.1) is 18.8 Å². The molecule has 1 unspecified atom stereocenters. The molecule has 0 aromatic rings. The molecule has 3 aliphatic rings. The summed E-state index contributed by atoms with van der Waals surface area (Å²) in [6.07, 6.45) is 10.7. The lowest BCUT2D eigenvalue weighted by Crippen LogP contribution is -2.14. The molecule has 0 saturated carbocycles. The molecule has 2 aliphatic carbocycles. The Bertz CT molecular complexity index is 382. The van der Waals surface area contributed by atoms with Gasteiger partial charge in [0.15, 0.2) is 0 Å². The van der Waals surface area contributed by atoms with E-state index in [0.29, 0.717) is 6.10 Å². The zero-order valence-electron chi connectivity index (χ0n) is 8.99. The summed E-state index contributed by atoms with van der Waals surface area (Å²) in [5.41, 5.74) is 4.58.